The molecule has 4 heteroatoms. The monoisotopic (exact) mass is 338 g/mol. The highest BCUT2D eigenvalue weighted by Gasteiger charge is 2.35. The third kappa shape index (κ3) is 3.84. The highest BCUT2D eigenvalue weighted by atomic mass is 16.5. The van der Waals surface area contributed by atoms with E-state index < -0.39 is 0 Å². The van der Waals surface area contributed by atoms with Crippen molar-refractivity contribution >= 4 is 5.71 Å². The van der Waals surface area contributed by atoms with Crippen molar-refractivity contribution in [2.24, 2.45) is 5.16 Å². The van der Waals surface area contributed by atoms with E-state index in [0.717, 1.165) is 42.0 Å². The number of aryl methyl sites for hydroxylation is 1. The molecule has 0 spiro atoms. The summed E-state index contributed by atoms with van der Waals surface area (Å²) in [5, 5.41) is 13.4. The maximum atomic E-state index is 9.69. The molecule has 0 bridgehead atoms. The van der Waals surface area contributed by atoms with E-state index in [1.54, 1.807) is 13.3 Å². The molecular weight excluding hydrogens is 312 g/mol. The molecule has 3 rings (SSSR count). The fraction of sp³-hybridized carbons (Fsp3) is 0.429. The van der Waals surface area contributed by atoms with Gasteiger partial charge in [0.2, 0.25) is 0 Å². The number of ether oxygens (including phenoxy) is 1. The van der Waals surface area contributed by atoms with Gasteiger partial charge in [-0.05, 0) is 49.6 Å². The van der Waals surface area contributed by atoms with Gasteiger partial charge in [-0.3, -0.25) is 4.98 Å². The predicted octanol–water partition coefficient (Wildman–Crippen LogP) is 4.87. The molecule has 132 valence electrons. The summed E-state index contributed by atoms with van der Waals surface area (Å²) in [7, 11) is 1.69. The summed E-state index contributed by atoms with van der Waals surface area (Å²) >= 11 is 0. The van der Waals surface area contributed by atoms with E-state index in [1.165, 1.54) is 24.8 Å². The van der Waals surface area contributed by atoms with Gasteiger partial charge in [0, 0.05) is 29.3 Å². The molecule has 2 aromatic rings. The van der Waals surface area contributed by atoms with Crippen LogP contribution in [0.25, 0.3) is 0 Å². The lowest BCUT2D eigenvalue weighted by atomic mass is 9.66. The molecule has 1 N–H and O–H groups in total. The Hall–Kier alpha value is -2.36. The molecule has 4 nitrogen and oxygen atoms in total. The number of oxime groups is 1. The van der Waals surface area contributed by atoms with Crippen molar-refractivity contribution < 1.29 is 9.94 Å². The molecule has 1 aromatic heterocycles. The quantitative estimate of drug-likeness (QED) is 0.481. The molecule has 1 aliphatic rings. The third-order valence-electron chi connectivity index (χ3n) is 5.37. The van der Waals surface area contributed by atoms with Crippen LogP contribution in [0.1, 0.15) is 55.3 Å². The van der Waals surface area contributed by atoms with Crippen LogP contribution in [0.3, 0.4) is 0 Å². The molecule has 0 atom stereocenters. The van der Waals surface area contributed by atoms with Gasteiger partial charge in [-0.15, -0.1) is 0 Å². The van der Waals surface area contributed by atoms with Crippen LogP contribution in [-0.4, -0.2) is 23.0 Å². The van der Waals surface area contributed by atoms with Crippen molar-refractivity contribution in [1.29, 1.82) is 0 Å². The smallest absolute Gasteiger partial charge is 0.118 e. The molecule has 1 saturated carbocycles. The molecule has 1 aliphatic carbocycles. The molecule has 0 saturated heterocycles. The summed E-state index contributed by atoms with van der Waals surface area (Å²) in [5.74, 6) is 0.871. The van der Waals surface area contributed by atoms with Gasteiger partial charge >= 0.3 is 0 Å². The number of benzene rings is 1. The SMILES string of the molecule is COc1ccc(C2(C/C(=N/O)c3ccnc(C)c3)CCCCC2)cc1. The fourth-order valence-electron chi connectivity index (χ4n) is 3.98. The summed E-state index contributed by atoms with van der Waals surface area (Å²) in [5.41, 5.74) is 3.95. The largest absolute Gasteiger partial charge is 0.497 e. The van der Waals surface area contributed by atoms with E-state index in [4.69, 9.17) is 4.74 Å². The Morgan fingerprint density at radius 3 is 2.48 bits per heavy atom. The third-order valence-corrected chi connectivity index (χ3v) is 5.37. The van der Waals surface area contributed by atoms with E-state index in [-0.39, 0.29) is 5.41 Å². The standard InChI is InChI=1S/C21H26N2O2/c1-16-14-17(10-13-22-16)20(23-24)15-21(11-4-3-5-12-21)18-6-8-19(25-2)9-7-18/h6-10,13-14,24H,3-5,11-12,15H2,1-2H3/b23-20-. The van der Waals surface area contributed by atoms with E-state index in [9.17, 15) is 5.21 Å². The number of nitrogens with zero attached hydrogens (tertiary/aromatic N) is 2. The van der Waals surface area contributed by atoms with Crippen LogP contribution in [0, 0.1) is 6.92 Å². The molecule has 1 heterocycles. The van der Waals surface area contributed by atoms with Crippen LogP contribution in [0.4, 0.5) is 0 Å². The fourth-order valence-corrected chi connectivity index (χ4v) is 3.98. The summed E-state index contributed by atoms with van der Waals surface area (Å²) in [6.45, 7) is 1.96. The number of methoxy groups -OCH3 is 1. The summed E-state index contributed by atoms with van der Waals surface area (Å²) in [6.07, 6.45) is 8.43. The molecule has 0 unspecified atom stereocenters. The number of rotatable bonds is 5. The molecule has 0 amide bonds. The number of aromatic nitrogens is 1. The minimum Gasteiger partial charge on any atom is -0.497 e. The van der Waals surface area contributed by atoms with Crippen LogP contribution in [0.15, 0.2) is 47.8 Å². The zero-order valence-corrected chi connectivity index (χ0v) is 15.0. The number of hydrogen-bond donors (Lipinski definition) is 1. The van der Waals surface area contributed by atoms with Crippen molar-refractivity contribution in [3.8, 4) is 5.75 Å². The minimum absolute atomic E-state index is 0.0171. The maximum absolute atomic E-state index is 9.69. The van der Waals surface area contributed by atoms with Gasteiger partial charge in [-0.25, -0.2) is 0 Å². The van der Waals surface area contributed by atoms with Crippen molar-refractivity contribution in [2.45, 2.75) is 50.9 Å². The average Bonchev–Trinajstić information content (AvgIpc) is 2.67. The van der Waals surface area contributed by atoms with Gasteiger partial charge in [0.15, 0.2) is 0 Å². The molecule has 0 aliphatic heterocycles. The second kappa shape index (κ2) is 7.68. The highest BCUT2D eigenvalue weighted by molar-refractivity contribution is 6.01. The Bertz CT molecular complexity index is 732. The van der Waals surface area contributed by atoms with E-state index >= 15 is 0 Å². The van der Waals surface area contributed by atoms with E-state index in [0.29, 0.717) is 0 Å². The summed E-state index contributed by atoms with van der Waals surface area (Å²) in [6, 6.07) is 12.3. The van der Waals surface area contributed by atoms with Crippen LogP contribution in [0.5, 0.6) is 5.75 Å². The minimum atomic E-state index is 0.0171. The van der Waals surface area contributed by atoms with Gasteiger partial charge in [0.25, 0.3) is 0 Å². The second-order valence-electron chi connectivity index (χ2n) is 6.98. The summed E-state index contributed by atoms with van der Waals surface area (Å²) in [4.78, 5) is 4.25. The molecular formula is C21H26N2O2. The Morgan fingerprint density at radius 2 is 1.88 bits per heavy atom. The Balaban J connectivity index is 1.94. The first-order valence-corrected chi connectivity index (χ1v) is 8.95. The number of pyridine rings is 1. The van der Waals surface area contributed by atoms with Crippen LogP contribution < -0.4 is 4.74 Å². The average molecular weight is 338 g/mol. The Labute approximate surface area is 149 Å². The van der Waals surface area contributed by atoms with E-state index in [1.807, 2.05) is 31.2 Å². The predicted molar refractivity (Wildman–Crippen MR) is 99.7 cm³/mol. The number of hydrogen-bond acceptors (Lipinski definition) is 4. The van der Waals surface area contributed by atoms with Crippen LogP contribution in [-0.2, 0) is 5.41 Å². The lowest BCUT2D eigenvalue weighted by Crippen LogP contribution is -2.32. The van der Waals surface area contributed by atoms with Crippen molar-refractivity contribution in [3.63, 3.8) is 0 Å². The zero-order chi connectivity index (χ0) is 17.7. The van der Waals surface area contributed by atoms with Gasteiger partial charge < -0.3 is 9.94 Å². The Morgan fingerprint density at radius 1 is 1.16 bits per heavy atom. The first kappa shape index (κ1) is 17.5. The van der Waals surface area contributed by atoms with Crippen LogP contribution in [0.2, 0.25) is 0 Å². The molecule has 1 aromatic carbocycles. The van der Waals surface area contributed by atoms with Gasteiger partial charge in [-0.1, -0.05) is 36.6 Å². The highest BCUT2D eigenvalue weighted by Crippen LogP contribution is 2.43. The van der Waals surface area contributed by atoms with Crippen molar-refractivity contribution in [2.75, 3.05) is 7.11 Å². The molecule has 0 radical (unpaired) electrons. The normalized spacial score (nSPS) is 17.3. The van der Waals surface area contributed by atoms with Crippen molar-refractivity contribution in [1.82, 2.24) is 4.98 Å². The second-order valence-corrected chi connectivity index (χ2v) is 6.98. The first-order chi connectivity index (χ1) is 12.2. The van der Waals surface area contributed by atoms with E-state index in [2.05, 4.69) is 22.3 Å². The van der Waals surface area contributed by atoms with Gasteiger partial charge in [-0.2, -0.15) is 0 Å². The summed E-state index contributed by atoms with van der Waals surface area (Å²) < 4.78 is 5.30. The van der Waals surface area contributed by atoms with Crippen LogP contribution >= 0.6 is 0 Å². The Kier molecular flexibility index (Phi) is 5.37. The van der Waals surface area contributed by atoms with Gasteiger partial charge in [0.1, 0.15) is 5.75 Å². The maximum Gasteiger partial charge on any atom is 0.118 e. The zero-order valence-electron chi connectivity index (χ0n) is 15.0. The first-order valence-electron chi connectivity index (χ1n) is 8.95. The molecule has 1 fully saturated rings. The molecule has 25 heavy (non-hydrogen) atoms. The van der Waals surface area contributed by atoms with Gasteiger partial charge in [0.05, 0.1) is 12.8 Å². The topological polar surface area (TPSA) is 54.7 Å². The lowest BCUT2D eigenvalue weighted by molar-refractivity contribution is 0.288. The van der Waals surface area contributed by atoms with Crippen molar-refractivity contribution in [3.05, 3.63) is 59.4 Å². The lowest BCUT2D eigenvalue weighted by Gasteiger charge is -2.38.